The Balaban J connectivity index is 1.57. The van der Waals surface area contributed by atoms with Gasteiger partial charge in [0.15, 0.2) is 0 Å². The van der Waals surface area contributed by atoms with Gasteiger partial charge in [-0.15, -0.1) is 0 Å². The van der Waals surface area contributed by atoms with Gasteiger partial charge >= 0.3 is 5.97 Å². The van der Waals surface area contributed by atoms with Crippen molar-refractivity contribution in [3.63, 3.8) is 0 Å². The molecule has 1 saturated heterocycles. The van der Waals surface area contributed by atoms with Gasteiger partial charge in [-0.2, -0.15) is 0 Å². The number of hydrogen-bond donors (Lipinski definition) is 0. The highest BCUT2D eigenvalue weighted by atomic mass is 16.5. The molecule has 0 atom stereocenters. The number of nitrogens with zero attached hydrogens (tertiary/aromatic N) is 3. The average Bonchev–Trinajstić information content (AvgIpc) is 2.79. The molecule has 154 valence electrons. The van der Waals surface area contributed by atoms with E-state index in [1.165, 1.54) is 7.11 Å². The van der Waals surface area contributed by atoms with Crippen LogP contribution in [-0.2, 0) is 14.9 Å². The van der Waals surface area contributed by atoms with Crippen LogP contribution in [-0.4, -0.2) is 46.9 Å². The normalized spacial score (nSPS) is 15.8. The molecular weight excluding hydrogens is 378 g/mol. The summed E-state index contributed by atoms with van der Waals surface area (Å²) in [4.78, 5) is 36.7. The van der Waals surface area contributed by atoms with Crippen LogP contribution in [0.1, 0.15) is 40.2 Å². The number of esters is 1. The van der Waals surface area contributed by atoms with Gasteiger partial charge in [-0.1, -0.05) is 30.3 Å². The number of likely N-dealkylation sites (tertiary alicyclic amines) is 1. The van der Waals surface area contributed by atoms with Gasteiger partial charge in [0.25, 0.3) is 5.91 Å². The molecule has 6 nitrogen and oxygen atoms in total. The predicted octanol–water partition coefficient (Wildman–Crippen LogP) is 3.59. The lowest BCUT2D eigenvalue weighted by molar-refractivity contribution is -0.149. The van der Waals surface area contributed by atoms with Crippen molar-refractivity contribution in [2.75, 3.05) is 20.2 Å². The fraction of sp³-hybridized carbons (Fsp3) is 0.333. The molecular formula is C24H25N3O3. The lowest BCUT2D eigenvalue weighted by Crippen LogP contribution is -2.49. The van der Waals surface area contributed by atoms with Crippen LogP contribution in [0, 0.1) is 13.8 Å². The topological polar surface area (TPSA) is 72.4 Å². The SMILES string of the molecule is COC(=O)C1(c2ccccc2)CCN(C(=O)c2ccc3nc(C)c(C)nc3c2)CC1. The van der Waals surface area contributed by atoms with Crippen LogP contribution in [0.5, 0.6) is 0 Å². The second-order valence-electron chi connectivity index (χ2n) is 7.83. The summed E-state index contributed by atoms with van der Waals surface area (Å²) in [6.45, 7) is 4.81. The van der Waals surface area contributed by atoms with E-state index in [1.807, 2.05) is 50.2 Å². The summed E-state index contributed by atoms with van der Waals surface area (Å²) in [6, 6.07) is 15.1. The number of benzene rings is 2. The Morgan fingerprint density at radius 3 is 2.20 bits per heavy atom. The number of aromatic nitrogens is 2. The van der Waals surface area contributed by atoms with E-state index in [0.29, 0.717) is 37.0 Å². The number of carbonyl (C=O) groups is 2. The Bertz CT molecular complexity index is 1100. The minimum Gasteiger partial charge on any atom is -0.468 e. The first-order chi connectivity index (χ1) is 14.4. The molecule has 2 heterocycles. The number of carbonyl (C=O) groups excluding carboxylic acids is 2. The van der Waals surface area contributed by atoms with E-state index in [0.717, 1.165) is 22.5 Å². The van der Waals surface area contributed by atoms with E-state index in [4.69, 9.17) is 4.74 Å². The van der Waals surface area contributed by atoms with E-state index in [9.17, 15) is 9.59 Å². The van der Waals surface area contributed by atoms with Gasteiger partial charge in [0.1, 0.15) is 0 Å². The Hall–Kier alpha value is -3.28. The summed E-state index contributed by atoms with van der Waals surface area (Å²) in [6.07, 6.45) is 1.06. The molecule has 2 aromatic carbocycles. The van der Waals surface area contributed by atoms with E-state index in [1.54, 1.807) is 17.0 Å². The fourth-order valence-electron chi connectivity index (χ4n) is 4.20. The lowest BCUT2D eigenvalue weighted by atomic mass is 9.72. The average molecular weight is 403 g/mol. The van der Waals surface area contributed by atoms with Crippen LogP contribution in [0.15, 0.2) is 48.5 Å². The third-order valence-electron chi connectivity index (χ3n) is 6.13. The third-order valence-corrected chi connectivity index (χ3v) is 6.13. The lowest BCUT2D eigenvalue weighted by Gasteiger charge is -2.40. The number of rotatable bonds is 3. The fourth-order valence-corrected chi connectivity index (χ4v) is 4.20. The van der Waals surface area contributed by atoms with Gasteiger partial charge in [0.05, 0.1) is 34.9 Å². The second kappa shape index (κ2) is 7.86. The monoisotopic (exact) mass is 403 g/mol. The van der Waals surface area contributed by atoms with Crippen molar-refractivity contribution in [3.05, 3.63) is 71.0 Å². The van der Waals surface area contributed by atoms with Crippen LogP contribution >= 0.6 is 0 Å². The Morgan fingerprint density at radius 1 is 0.933 bits per heavy atom. The second-order valence-corrected chi connectivity index (χ2v) is 7.83. The van der Waals surface area contributed by atoms with E-state index < -0.39 is 5.41 Å². The molecule has 6 heteroatoms. The minimum absolute atomic E-state index is 0.0524. The Labute approximate surface area is 175 Å². The Kier molecular flexibility index (Phi) is 5.24. The van der Waals surface area contributed by atoms with Crippen LogP contribution in [0.25, 0.3) is 11.0 Å². The van der Waals surface area contributed by atoms with E-state index >= 15 is 0 Å². The highest BCUT2D eigenvalue weighted by Crippen LogP contribution is 2.37. The first kappa shape index (κ1) is 20.0. The van der Waals surface area contributed by atoms with Crippen LogP contribution in [0.4, 0.5) is 0 Å². The molecule has 3 aromatic rings. The molecule has 0 unspecified atom stereocenters. The van der Waals surface area contributed by atoms with Crippen molar-refractivity contribution in [3.8, 4) is 0 Å². The summed E-state index contributed by atoms with van der Waals surface area (Å²) < 4.78 is 5.14. The third kappa shape index (κ3) is 3.43. The maximum Gasteiger partial charge on any atom is 0.316 e. The van der Waals surface area contributed by atoms with E-state index in [-0.39, 0.29) is 11.9 Å². The molecule has 1 aromatic heterocycles. The van der Waals surface area contributed by atoms with Crippen LogP contribution in [0.2, 0.25) is 0 Å². The molecule has 30 heavy (non-hydrogen) atoms. The van der Waals surface area contributed by atoms with Crippen molar-refractivity contribution in [2.24, 2.45) is 0 Å². The summed E-state index contributed by atoms with van der Waals surface area (Å²) in [5.74, 6) is -0.295. The van der Waals surface area contributed by atoms with Crippen molar-refractivity contribution in [1.29, 1.82) is 0 Å². The number of hydrogen-bond acceptors (Lipinski definition) is 5. The number of methoxy groups -OCH3 is 1. The number of fused-ring (bicyclic) bond motifs is 1. The summed E-state index contributed by atoms with van der Waals surface area (Å²) in [5, 5.41) is 0. The molecule has 0 aliphatic carbocycles. The van der Waals surface area contributed by atoms with E-state index in [2.05, 4.69) is 9.97 Å². The molecule has 1 fully saturated rings. The standard InChI is InChI=1S/C24H25N3O3/c1-16-17(2)26-21-15-18(9-10-20(21)25-16)22(28)27-13-11-24(12-14-27,23(29)30-3)19-7-5-4-6-8-19/h4-10,15H,11-14H2,1-3H3. The molecule has 4 rings (SSSR count). The highest BCUT2D eigenvalue weighted by Gasteiger charge is 2.44. The number of aryl methyl sites for hydroxylation is 2. The zero-order valence-corrected chi connectivity index (χ0v) is 17.5. The van der Waals surface area contributed by atoms with Crippen molar-refractivity contribution >= 4 is 22.9 Å². The zero-order valence-electron chi connectivity index (χ0n) is 17.5. The Morgan fingerprint density at radius 2 is 1.57 bits per heavy atom. The van der Waals surface area contributed by atoms with Gasteiger partial charge < -0.3 is 9.64 Å². The van der Waals surface area contributed by atoms with Crippen LogP contribution < -0.4 is 0 Å². The van der Waals surface area contributed by atoms with Crippen LogP contribution in [0.3, 0.4) is 0 Å². The largest absolute Gasteiger partial charge is 0.468 e. The predicted molar refractivity (Wildman–Crippen MR) is 114 cm³/mol. The number of ether oxygens (including phenoxy) is 1. The molecule has 1 aliphatic rings. The minimum atomic E-state index is -0.712. The number of piperidine rings is 1. The molecule has 0 saturated carbocycles. The van der Waals surface area contributed by atoms with Gasteiger partial charge in [0.2, 0.25) is 0 Å². The smallest absolute Gasteiger partial charge is 0.316 e. The van der Waals surface area contributed by atoms with Crippen molar-refractivity contribution < 1.29 is 14.3 Å². The zero-order chi connectivity index (χ0) is 21.3. The van der Waals surface area contributed by atoms with Gasteiger partial charge in [-0.3, -0.25) is 9.59 Å². The summed E-state index contributed by atoms with van der Waals surface area (Å²) in [7, 11) is 1.42. The molecule has 0 radical (unpaired) electrons. The molecule has 1 amide bonds. The van der Waals surface area contributed by atoms with Crippen molar-refractivity contribution in [2.45, 2.75) is 32.1 Å². The summed E-state index contributed by atoms with van der Waals surface area (Å²) in [5.41, 5.74) is 4.06. The summed E-state index contributed by atoms with van der Waals surface area (Å²) >= 11 is 0. The highest BCUT2D eigenvalue weighted by molar-refractivity contribution is 5.97. The molecule has 0 bridgehead atoms. The first-order valence-electron chi connectivity index (χ1n) is 10.1. The molecule has 0 spiro atoms. The maximum absolute atomic E-state index is 13.1. The van der Waals surface area contributed by atoms with Gasteiger partial charge in [-0.25, -0.2) is 9.97 Å². The van der Waals surface area contributed by atoms with Crippen molar-refractivity contribution in [1.82, 2.24) is 14.9 Å². The molecule has 0 N–H and O–H groups in total. The maximum atomic E-state index is 13.1. The quantitative estimate of drug-likeness (QED) is 0.625. The molecule has 1 aliphatic heterocycles. The first-order valence-corrected chi connectivity index (χ1v) is 10.1. The number of amides is 1. The van der Waals surface area contributed by atoms with Gasteiger partial charge in [-0.05, 0) is 50.5 Å². The van der Waals surface area contributed by atoms with Gasteiger partial charge in [0, 0.05) is 18.7 Å².